The van der Waals surface area contributed by atoms with Crippen LogP contribution < -0.4 is 20.9 Å². The topological polar surface area (TPSA) is 156 Å². The molecule has 0 spiro atoms. The van der Waals surface area contributed by atoms with Gasteiger partial charge in [0.25, 0.3) is 0 Å². The highest BCUT2D eigenvalue weighted by Crippen LogP contribution is 2.27. The van der Waals surface area contributed by atoms with Gasteiger partial charge in [0.1, 0.15) is 12.4 Å². The monoisotopic (exact) mass is 619 g/mol. The van der Waals surface area contributed by atoms with E-state index < -0.39 is 29.7 Å². The third kappa shape index (κ3) is 8.41. The molecule has 2 aliphatic rings. The molecule has 2 aromatic heterocycles. The van der Waals surface area contributed by atoms with Gasteiger partial charge < -0.3 is 35.8 Å². The summed E-state index contributed by atoms with van der Waals surface area (Å²) in [5.74, 6) is -2.60. The number of aliphatic carboxylic acids is 1. The predicted molar refractivity (Wildman–Crippen MR) is 166 cm³/mol. The first-order valence-corrected chi connectivity index (χ1v) is 15.0. The van der Waals surface area contributed by atoms with Gasteiger partial charge in [-0.05, 0) is 49.2 Å². The van der Waals surface area contributed by atoms with Gasteiger partial charge in [-0.1, -0.05) is 18.2 Å². The van der Waals surface area contributed by atoms with Gasteiger partial charge in [-0.25, -0.2) is 19.6 Å². The molecule has 2 atom stereocenters. The zero-order valence-electron chi connectivity index (χ0n) is 25.2. The molecule has 5 rings (SSSR count). The summed E-state index contributed by atoms with van der Waals surface area (Å²) >= 11 is 0. The van der Waals surface area contributed by atoms with Gasteiger partial charge in [0.2, 0.25) is 11.7 Å². The lowest BCUT2D eigenvalue weighted by Crippen LogP contribution is -2.49. The number of carboxylic acids is 1. The molecule has 45 heavy (non-hydrogen) atoms. The molecule has 4 heterocycles. The lowest BCUT2D eigenvalue weighted by Gasteiger charge is -2.33. The summed E-state index contributed by atoms with van der Waals surface area (Å²) in [6.45, 7) is 3.96. The standard InChI is InChI=1S/C31H38FN9O4/c1-39-12-14-40(15-13-39)31(45)37-24-8-6-21(7-9-24)16-25(30(43)44)38-29(42)23-5-3-11-41(19-23)28-26(32)27(35-20-36-28)34-18-22-4-2-10-33-17-22/h2,4,6-10,17,20,23,25H,3,5,11-16,18-19H2,1H3,(H,37,45)(H,38,42)(H,43,44)(H,34,35,36)/t23?,25-/m0/s1. The van der Waals surface area contributed by atoms with Crippen LogP contribution in [0.5, 0.6) is 0 Å². The summed E-state index contributed by atoms with van der Waals surface area (Å²) in [5.41, 5.74) is 2.16. The van der Waals surface area contributed by atoms with Gasteiger partial charge in [0.05, 0.1) is 5.92 Å². The van der Waals surface area contributed by atoms with E-state index in [9.17, 15) is 19.5 Å². The molecule has 2 fully saturated rings. The summed E-state index contributed by atoms with van der Waals surface area (Å²) in [6, 6.07) is 9.25. The van der Waals surface area contributed by atoms with E-state index in [0.29, 0.717) is 50.3 Å². The van der Waals surface area contributed by atoms with E-state index >= 15 is 4.39 Å². The first kappa shape index (κ1) is 31.6. The zero-order chi connectivity index (χ0) is 31.8. The Morgan fingerprint density at radius 2 is 1.82 bits per heavy atom. The van der Waals surface area contributed by atoms with Crippen LogP contribution in [0.25, 0.3) is 0 Å². The highest BCUT2D eigenvalue weighted by molar-refractivity contribution is 5.89. The van der Waals surface area contributed by atoms with Gasteiger partial charge in [0.15, 0.2) is 11.6 Å². The van der Waals surface area contributed by atoms with Crippen molar-refractivity contribution in [1.82, 2.24) is 30.1 Å². The minimum absolute atomic E-state index is 0.0475. The number of carboxylic acid groups (broad SMARTS) is 1. The molecule has 2 saturated heterocycles. The van der Waals surface area contributed by atoms with Crippen molar-refractivity contribution >= 4 is 35.2 Å². The fourth-order valence-corrected chi connectivity index (χ4v) is 5.44. The summed E-state index contributed by atoms with van der Waals surface area (Å²) in [4.78, 5) is 55.7. The average Bonchev–Trinajstić information content (AvgIpc) is 3.05. The number of hydrogen-bond donors (Lipinski definition) is 4. The molecule has 0 aliphatic carbocycles. The second kappa shape index (κ2) is 14.8. The Hall–Kier alpha value is -4.85. The van der Waals surface area contributed by atoms with Gasteiger partial charge in [-0.15, -0.1) is 0 Å². The lowest BCUT2D eigenvalue weighted by atomic mass is 9.96. The molecule has 0 radical (unpaired) electrons. The number of amides is 3. The number of halogens is 1. The number of carbonyl (C=O) groups is 3. The normalized spacial score (nSPS) is 17.8. The summed E-state index contributed by atoms with van der Waals surface area (Å²) in [6.07, 6.45) is 5.82. The quantitative estimate of drug-likeness (QED) is 0.266. The van der Waals surface area contributed by atoms with Crippen molar-refractivity contribution in [3.8, 4) is 0 Å². The number of likely N-dealkylation sites (N-methyl/N-ethyl adjacent to an activating group) is 1. The second-order valence-corrected chi connectivity index (χ2v) is 11.4. The zero-order valence-corrected chi connectivity index (χ0v) is 25.2. The largest absolute Gasteiger partial charge is 0.480 e. The average molecular weight is 620 g/mol. The third-order valence-corrected chi connectivity index (χ3v) is 8.10. The molecule has 3 aromatic rings. The molecule has 238 valence electrons. The van der Waals surface area contributed by atoms with Crippen molar-refractivity contribution in [2.24, 2.45) is 5.92 Å². The molecule has 1 unspecified atom stereocenters. The lowest BCUT2D eigenvalue weighted by molar-refractivity contribution is -0.142. The molecule has 1 aromatic carbocycles. The number of piperidine rings is 1. The summed E-state index contributed by atoms with van der Waals surface area (Å²) in [5, 5.41) is 18.4. The molecule has 2 aliphatic heterocycles. The van der Waals surface area contributed by atoms with Crippen molar-refractivity contribution in [1.29, 1.82) is 0 Å². The van der Waals surface area contributed by atoms with E-state index in [0.717, 1.165) is 18.7 Å². The SMILES string of the molecule is CN1CCN(C(=O)Nc2ccc(C[C@H](NC(=O)C3CCCN(c4ncnc(NCc5cccnc5)c4F)C3)C(=O)O)cc2)CC1. The van der Waals surface area contributed by atoms with Gasteiger partial charge >= 0.3 is 12.0 Å². The maximum atomic E-state index is 15.4. The Morgan fingerprint density at radius 3 is 2.53 bits per heavy atom. The van der Waals surface area contributed by atoms with Crippen LogP contribution in [0.4, 0.5) is 26.5 Å². The van der Waals surface area contributed by atoms with Crippen LogP contribution in [-0.2, 0) is 22.6 Å². The van der Waals surface area contributed by atoms with Crippen molar-refractivity contribution < 1.29 is 23.9 Å². The number of urea groups is 1. The fourth-order valence-electron chi connectivity index (χ4n) is 5.44. The Bertz CT molecular complexity index is 1470. The summed E-state index contributed by atoms with van der Waals surface area (Å²) in [7, 11) is 2.02. The molecule has 0 bridgehead atoms. The van der Waals surface area contributed by atoms with E-state index in [2.05, 4.69) is 35.8 Å². The van der Waals surface area contributed by atoms with E-state index in [1.165, 1.54) is 6.33 Å². The maximum Gasteiger partial charge on any atom is 0.326 e. The minimum atomic E-state index is -1.16. The van der Waals surface area contributed by atoms with Crippen LogP contribution in [0, 0.1) is 11.7 Å². The number of anilines is 3. The number of carbonyl (C=O) groups excluding carboxylic acids is 2. The Morgan fingerprint density at radius 1 is 1.04 bits per heavy atom. The van der Waals surface area contributed by atoms with Crippen LogP contribution in [-0.4, -0.2) is 100 Å². The van der Waals surface area contributed by atoms with Gasteiger partial charge in [-0.2, -0.15) is 4.39 Å². The van der Waals surface area contributed by atoms with E-state index in [1.807, 2.05) is 13.1 Å². The number of benzene rings is 1. The van der Waals surface area contributed by atoms with E-state index in [4.69, 9.17) is 0 Å². The fraction of sp³-hybridized carbons (Fsp3) is 0.419. The van der Waals surface area contributed by atoms with Crippen LogP contribution in [0.2, 0.25) is 0 Å². The smallest absolute Gasteiger partial charge is 0.326 e. The van der Waals surface area contributed by atoms with Crippen LogP contribution >= 0.6 is 0 Å². The van der Waals surface area contributed by atoms with Crippen LogP contribution in [0.3, 0.4) is 0 Å². The Balaban J connectivity index is 1.16. The molecule has 4 N–H and O–H groups in total. The molecule has 0 saturated carbocycles. The van der Waals surface area contributed by atoms with Crippen molar-refractivity contribution in [2.45, 2.75) is 31.8 Å². The number of piperazine rings is 1. The van der Waals surface area contributed by atoms with Crippen LogP contribution in [0.1, 0.15) is 24.0 Å². The second-order valence-electron chi connectivity index (χ2n) is 11.4. The predicted octanol–water partition coefficient (Wildman–Crippen LogP) is 2.43. The molecular formula is C31H38FN9O4. The molecule has 3 amide bonds. The Kier molecular flexibility index (Phi) is 10.3. The number of nitrogens with one attached hydrogen (secondary N) is 3. The first-order chi connectivity index (χ1) is 21.8. The number of pyridine rings is 1. The highest BCUT2D eigenvalue weighted by atomic mass is 19.1. The third-order valence-electron chi connectivity index (χ3n) is 8.10. The number of hydrogen-bond acceptors (Lipinski definition) is 9. The number of nitrogens with zero attached hydrogens (tertiary/aromatic N) is 6. The van der Waals surface area contributed by atoms with Gasteiger partial charge in [-0.3, -0.25) is 9.78 Å². The molecule has 13 nitrogen and oxygen atoms in total. The minimum Gasteiger partial charge on any atom is -0.480 e. The van der Waals surface area contributed by atoms with E-state index in [-0.39, 0.29) is 30.6 Å². The van der Waals surface area contributed by atoms with Crippen molar-refractivity contribution in [3.63, 3.8) is 0 Å². The van der Waals surface area contributed by atoms with Crippen molar-refractivity contribution in [3.05, 3.63) is 72.1 Å². The number of rotatable bonds is 10. The molecule has 14 heteroatoms. The first-order valence-electron chi connectivity index (χ1n) is 15.0. The van der Waals surface area contributed by atoms with Crippen LogP contribution in [0.15, 0.2) is 55.1 Å². The van der Waals surface area contributed by atoms with Crippen molar-refractivity contribution in [2.75, 3.05) is 61.8 Å². The highest BCUT2D eigenvalue weighted by Gasteiger charge is 2.31. The summed E-state index contributed by atoms with van der Waals surface area (Å²) < 4.78 is 15.4. The van der Waals surface area contributed by atoms with Gasteiger partial charge in [0, 0.05) is 70.3 Å². The Labute approximate surface area is 260 Å². The number of aromatic nitrogens is 3. The van der Waals surface area contributed by atoms with E-state index in [1.54, 1.807) is 52.5 Å². The molecular weight excluding hydrogens is 581 g/mol. The maximum absolute atomic E-state index is 15.4.